The van der Waals surface area contributed by atoms with Crippen molar-refractivity contribution in [3.05, 3.63) is 89.6 Å². The van der Waals surface area contributed by atoms with E-state index in [1.165, 1.54) is 0 Å². The minimum absolute atomic E-state index is 0.0312. The van der Waals surface area contributed by atoms with Crippen LogP contribution in [0.2, 0.25) is 0 Å². The summed E-state index contributed by atoms with van der Waals surface area (Å²) < 4.78 is 0. The number of aromatic nitrogens is 2. The summed E-state index contributed by atoms with van der Waals surface area (Å²) in [5.74, 6) is 7.10. The number of anilines is 1. The van der Waals surface area contributed by atoms with Crippen LogP contribution < -0.4 is 10.6 Å². The van der Waals surface area contributed by atoms with Crippen molar-refractivity contribution >= 4 is 35.9 Å². The lowest BCUT2D eigenvalue weighted by molar-refractivity contribution is 0.167. The molecule has 2 atom stereocenters. The molecule has 8 heteroatoms. The van der Waals surface area contributed by atoms with Crippen LogP contribution in [-0.4, -0.2) is 58.3 Å². The van der Waals surface area contributed by atoms with Crippen LogP contribution in [-0.2, 0) is 0 Å². The zero-order valence-corrected chi connectivity index (χ0v) is 22.0. The third kappa shape index (κ3) is 7.05. The number of urea groups is 1. The van der Waals surface area contributed by atoms with Crippen LogP contribution >= 0.6 is 11.8 Å². The minimum Gasteiger partial charge on any atom is -0.381 e. The molecule has 0 spiro atoms. The SMILES string of the molecule is C=N/C=C(\NC[C@@H]1C(SC)CCCN1C(=O)Nc1ccccc1)c1ccc(C#Cc2cnc(C)[nH]2)cc1. The number of likely N-dealkylation sites (tertiary alicyclic amines) is 1. The summed E-state index contributed by atoms with van der Waals surface area (Å²) in [6.07, 6.45) is 7.63. The largest absolute Gasteiger partial charge is 0.381 e. The van der Waals surface area contributed by atoms with Crippen LogP contribution in [0.5, 0.6) is 0 Å². The smallest absolute Gasteiger partial charge is 0.322 e. The fourth-order valence-electron chi connectivity index (χ4n) is 4.39. The predicted octanol–water partition coefficient (Wildman–Crippen LogP) is 5.13. The number of para-hydroxylation sites is 1. The lowest BCUT2D eigenvalue weighted by Gasteiger charge is -2.41. The van der Waals surface area contributed by atoms with E-state index in [0.717, 1.165) is 53.4 Å². The van der Waals surface area contributed by atoms with Crippen molar-refractivity contribution in [1.29, 1.82) is 0 Å². The number of carbonyl (C=O) groups is 1. The number of nitrogens with zero attached hydrogens (tertiary/aromatic N) is 3. The Labute approximate surface area is 222 Å². The Hall–Kier alpha value is -3.96. The summed E-state index contributed by atoms with van der Waals surface area (Å²) in [4.78, 5) is 26.5. The summed E-state index contributed by atoms with van der Waals surface area (Å²) in [5.41, 5.74) is 4.32. The summed E-state index contributed by atoms with van der Waals surface area (Å²) in [6, 6.07) is 17.5. The molecule has 4 rings (SSSR count). The first-order valence-electron chi connectivity index (χ1n) is 12.3. The third-order valence-corrected chi connectivity index (χ3v) is 7.42. The number of imidazole rings is 1. The van der Waals surface area contributed by atoms with E-state index in [1.807, 2.05) is 78.2 Å². The van der Waals surface area contributed by atoms with Gasteiger partial charge in [0.15, 0.2) is 0 Å². The Morgan fingerprint density at radius 1 is 1.24 bits per heavy atom. The third-order valence-electron chi connectivity index (χ3n) is 6.27. The maximum Gasteiger partial charge on any atom is 0.322 e. The summed E-state index contributed by atoms with van der Waals surface area (Å²) >= 11 is 1.81. The molecular formula is C29H32N6OS. The quantitative estimate of drug-likeness (QED) is 0.302. The fourth-order valence-corrected chi connectivity index (χ4v) is 5.35. The molecule has 1 aliphatic rings. The van der Waals surface area contributed by atoms with Gasteiger partial charge in [0.05, 0.1) is 17.9 Å². The number of benzene rings is 2. The molecule has 3 aromatic rings. The standard InChI is InChI=1S/C29H32N6OS/c1-21-31-18-25(33-21)16-13-22-11-14-23(15-12-22)26(19-30-2)32-20-27-28(37-3)10-7-17-35(27)29(36)34-24-8-5-4-6-9-24/h4-6,8-9,11-12,14-15,18-19,27-28,32H,2,7,10,17,20H2,1,3H3,(H,31,33)(H,34,36)/b26-19-/t27-,28?/m1/s1. The number of hydrogen-bond acceptors (Lipinski definition) is 5. The molecule has 0 radical (unpaired) electrons. The maximum absolute atomic E-state index is 13.2. The van der Waals surface area contributed by atoms with Crippen molar-refractivity contribution < 1.29 is 4.79 Å². The molecule has 1 fully saturated rings. The highest BCUT2D eigenvalue weighted by atomic mass is 32.2. The molecule has 37 heavy (non-hydrogen) atoms. The van der Waals surface area contributed by atoms with Crippen molar-refractivity contribution in [1.82, 2.24) is 20.2 Å². The number of carbonyl (C=O) groups excluding carboxylic acids is 1. The molecule has 1 unspecified atom stereocenters. The highest BCUT2D eigenvalue weighted by Crippen LogP contribution is 2.28. The van der Waals surface area contributed by atoms with Crippen LogP contribution in [0.15, 0.2) is 72.0 Å². The van der Waals surface area contributed by atoms with Crippen LogP contribution in [0.1, 0.15) is 35.5 Å². The molecule has 3 N–H and O–H groups in total. The molecule has 2 heterocycles. The Kier molecular flexibility index (Phi) is 9.06. The van der Waals surface area contributed by atoms with E-state index in [4.69, 9.17) is 0 Å². The molecular weight excluding hydrogens is 480 g/mol. The van der Waals surface area contributed by atoms with Gasteiger partial charge in [-0.1, -0.05) is 36.3 Å². The second kappa shape index (κ2) is 12.8. The number of hydrogen-bond donors (Lipinski definition) is 3. The number of rotatable bonds is 7. The van der Waals surface area contributed by atoms with E-state index in [9.17, 15) is 4.79 Å². The Balaban J connectivity index is 1.46. The van der Waals surface area contributed by atoms with Gasteiger partial charge >= 0.3 is 6.03 Å². The lowest BCUT2D eigenvalue weighted by atomic mass is 10.0. The van der Waals surface area contributed by atoms with Crippen molar-refractivity contribution in [2.24, 2.45) is 4.99 Å². The average Bonchev–Trinajstić information content (AvgIpc) is 3.35. The van der Waals surface area contributed by atoms with Gasteiger partial charge in [-0.3, -0.25) is 4.99 Å². The first-order valence-corrected chi connectivity index (χ1v) is 13.6. The van der Waals surface area contributed by atoms with E-state index in [1.54, 1.807) is 12.4 Å². The normalized spacial score (nSPS) is 17.5. The topological polar surface area (TPSA) is 85.4 Å². The van der Waals surface area contributed by atoms with Gasteiger partial charge < -0.3 is 20.5 Å². The van der Waals surface area contributed by atoms with Gasteiger partial charge in [-0.2, -0.15) is 11.8 Å². The van der Waals surface area contributed by atoms with Gasteiger partial charge in [-0.25, -0.2) is 9.78 Å². The fraction of sp³-hybridized carbons (Fsp3) is 0.276. The van der Waals surface area contributed by atoms with E-state index < -0.39 is 0 Å². The molecule has 0 bridgehead atoms. The number of aryl methyl sites for hydroxylation is 1. The monoisotopic (exact) mass is 512 g/mol. The van der Waals surface area contributed by atoms with Crippen molar-refractivity contribution in [2.75, 3.05) is 24.7 Å². The highest BCUT2D eigenvalue weighted by molar-refractivity contribution is 7.99. The van der Waals surface area contributed by atoms with Crippen molar-refractivity contribution in [2.45, 2.75) is 31.1 Å². The Morgan fingerprint density at radius 3 is 2.70 bits per heavy atom. The lowest BCUT2D eigenvalue weighted by Crippen LogP contribution is -2.55. The number of thioether (sulfide) groups is 1. The molecule has 0 aliphatic carbocycles. The Bertz CT molecular complexity index is 1290. The van der Waals surface area contributed by atoms with E-state index in [-0.39, 0.29) is 12.1 Å². The molecule has 1 saturated heterocycles. The second-order valence-corrected chi connectivity index (χ2v) is 9.87. The van der Waals surface area contributed by atoms with E-state index >= 15 is 0 Å². The number of amides is 2. The zero-order chi connectivity index (χ0) is 26.0. The van der Waals surface area contributed by atoms with Gasteiger partial charge in [0, 0.05) is 35.8 Å². The van der Waals surface area contributed by atoms with Crippen LogP contribution in [0.3, 0.4) is 0 Å². The molecule has 0 saturated carbocycles. The van der Waals surface area contributed by atoms with Crippen molar-refractivity contribution in [3.63, 3.8) is 0 Å². The zero-order valence-electron chi connectivity index (χ0n) is 21.2. The molecule has 190 valence electrons. The molecule has 1 aliphatic heterocycles. The summed E-state index contributed by atoms with van der Waals surface area (Å²) in [5, 5.41) is 6.93. The first kappa shape index (κ1) is 26.1. The molecule has 2 aromatic carbocycles. The molecule has 1 aromatic heterocycles. The predicted molar refractivity (Wildman–Crippen MR) is 154 cm³/mol. The summed E-state index contributed by atoms with van der Waals surface area (Å²) in [6.45, 7) is 6.88. The van der Waals surface area contributed by atoms with Crippen LogP contribution in [0.25, 0.3) is 5.70 Å². The van der Waals surface area contributed by atoms with Crippen LogP contribution in [0, 0.1) is 18.8 Å². The van der Waals surface area contributed by atoms with Gasteiger partial charge in [0.2, 0.25) is 0 Å². The molecule has 2 amide bonds. The highest BCUT2D eigenvalue weighted by Gasteiger charge is 2.34. The van der Waals surface area contributed by atoms with Gasteiger partial charge in [-0.15, -0.1) is 0 Å². The minimum atomic E-state index is -0.0699. The van der Waals surface area contributed by atoms with Gasteiger partial charge in [-0.05, 0) is 68.5 Å². The number of aromatic amines is 1. The number of aliphatic imine (C=N–C) groups is 1. The van der Waals surface area contributed by atoms with Crippen LogP contribution in [0.4, 0.5) is 10.5 Å². The van der Waals surface area contributed by atoms with E-state index in [2.05, 4.69) is 50.4 Å². The maximum atomic E-state index is 13.2. The summed E-state index contributed by atoms with van der Waals surface area (Å²) in [7, 11) is 0. The van der Waals surface area contributed by atoms with Gasteiger partial charge in [0.25, 0.3) is 0 Å². The average molecular weight is 513 g/mol. The first-order chi connectivity index (χ1) is 18.1. The number of H-pyrrole nitrogens is 1. The van der Waals surface area contributed by atoms with Crippen molar-refractivity contribution in [3.8, 4) is 11.8 Å². The van der Waals surface area contributed by atoms with E-state index in [0.29, 0.717) is 11.8 Å². The number of nitrogens with one attached hydrogen (secondary N) is 3. The van der Waals surface area contributed by atoms with Gasteiger partial charge in [0.1, 0.15) is 11.5 Å². The second-order valence-electron chi connectivity index (χ2n) is 8.79. The number of piperidine rings is 1. The Morgan fingerprint density at radius 2 is 2.03 bits per heavy atom. The molecule has 7 nitrogen and oxygen atoms in total.